The predicted molar refractivity (Wildman–Crippen MR) is 27.2 cm³/mol. The van der Waals surface area contributed by atoms with E-state index in [-0.39, 0.29) is 0 Å². The summed E-state index contributed by atoms with van der Waals surface area (Å²) in [4.78, 5) is 8.15. The number of nitrogens with zero attached hydrogens (tertiary/aromatic N) is 2. The Morgan fingerprint density at radius 3 is 3.29 bits per heavy atom. The molecule has 0 N–H and O–H groups in total. The fourth-order valence-electron chi connectivity index (χ4n) is 0.248. The van der Waals surface area contributed by atoms with Gasteiger partial charge in [-0.1, -0.05) is 5.16 Å². The Morgan fingerprint density at radius 2 is 2.29 bits per heavy atom. The zero-order valence-electron chi connectivity index (χ0n) is 3.61. The third kappa shape index (κ3) is 1.17. The van der Waals surface area contributed by atoms with Crippen LogP contribution >= 0.6 is 0 Å². The monoisotopic (exact) mass is 96.0 g/mol. The SMILES string of the molecule is C1=CON=CC=N1. The summed E-state index contributed by atoms with van der Waals surface area (Å²) in [6.07, 6.45) is 5.94. The molecule has 0 amide bonds. The molecule has 0 aromatic carbocycles. The molecule has 1 aliphatic heterocycles. The first-order chi connectivity index (χ1) is 3.50. The number of aliphatic imine (C=N–C) groups is 1. The van der Waals surface area contributed by atoms with Crippen molar-refractivity contribution in [2.45, 2.75) is 0 Å². The van der Waals surface area contributed by atoms with Crippen LogP contribution in [0, 0.1) is 0 Å². The first-order valence-corrected chi connectivity index (χ1v) is 1.86. The fraction of sp³-hybridized carbons (Fsp3) is 0. The van der Waals surface area contributed by atoms with E-state index < -0.39 is 0 Å². The third-order valence-corrected chi connectivity index (χ3v) is 0.482. The lowest BCUT2D eigenvalue weighted by Gasteiger charge is -1.76. The van der Waals surface area contributed by atoms with Gasteiger partial charge in [-0.05, 0) is 0 Å². The Labute approximate surface area is 41.0 Å². The number of rotatable bonds is 0. The van der Waals surface area contributed by atoms with Crippen molar-refractivity contribution < 1.29 is 4.84 Å². The van der Waals surface area contributed by atoms with Crippen molar-refractivity contribution >= 4 is 12.4 Å². The van der Waals surface area contributed by atoms with Crippen LogP contribution in [0.15, 0.2) is 22.6 Å². The molecule has 0 fully saturated rings. The maximum absolute atomic E-state index is 4.46. The normalized spacial score (nSPS) is 16.0. The molecule has 3 heteroatoms. The van der Waals surface area contributed by atoms with Gasteiger partial charge in [0.05, 0.1) is 12.4 Å². The highest BCUT2D eigenvalue weighted by molar-refractivity contribution is 6.16. The van der Waals surface area contributed by atoms with Gasteiger partial charge < -0.3 is 4.84 Å². The van der Waals surface area contributed by atoms with Crippen molar-refractivity contribution in [1.82, 2.24) is 0 Å². The van der Waals surface area contributed by atoms with Gasteiger partial charge in [0.15, 0.2) is 0 Å². The largest absolute Gasteiger partial charge is 0.363 e. The van der Waals surface area contributed by atoms with Crippen molar-refractivity contribution in [3.8, 4) is 0 Å². The van der Waals surface area contributed by atoms with Crippen LogP contribution in [0.5, 0.6) is 0 Å². The molecule has 0 spiro atoms. The quantitative estimate of drug-likeness (QED) is 0.433. The van der Waals surface area contributed by atoms with Crippen LogP contribution in [-0.4, -0.2) is 12.4 Å². The van der Waals surface area contributed by atoms with E-state index in [0.29, 0.717) is 0 Å². The molecular formula is C4H4N2O. The minimum Gasteiger partial charge on any atom is -0.363 e. The third-order valence-electron chi connectivity index (χ3n) is 0.482. The van der Waals surface area contributed by atoms with Gasteiger partial charge in [-0.2, -0.15) is 0 Å². The van der Waals surface area contributed by atoms with Crippen LogP contribution in [0.2, 0.25) is 0 Å². The van der Waals surface area contributed by atoms with E-state index in [0.717, 1.165) is 0 Å². The molecule has 0 saturated heterocycles. The summed E-state index contributed by atoms with van der Waals surface area (Å²) in [5.74, 6) is 0. The predicted octanol–water partition coefficient (Wildman–Crippen LogP) is 0.544. The standard InChI is InChI=1S/C4H4N2O/c1-2-6-7-4-3-5-1/h1-4H. The average Bonchev–Trinajstić information content (AvgIpc) is 1.90. The molecule has 0 aromatic rings. The summed E-state index contributed by atoms with van der Waals surface area (Å²) >= 11 is 0. The van der Waals surface area contributed by atoms with Crippen LogP contribution in [0.4, 0.5) is 0 Å². The van der Waals surface area contributed by atoms with Gasteiger partial charge in [-0.15, -0.1) is 0 Å². The van der Waals surface area contributed by atoms with Crippen molar-refractivity contribution in [3.05, 3.63) is 12.5 Å². The van der Waals surface area contributed by atoms with Gasteiger partial charge in [-0.3, -0.25) is 4.99 Å². The molecule has 1 rings (SSSR count). The van der Waals surface area contributed by atoms with E-state index in [2.05, 4.69) is 15.0 Å². The minimum atomic E-state index is 1.40. The molecule has 0 aromatic heterocycles. The van der Waals surface area contributed by atoms with Crippen molar-refractivity contribution in [2.24, 2.45) is 10.1 Å². The van der Waals surface area contributed by atoms with E-state index in [1.165, 1.54) is 18.7 Å². The summed E-state index contributed by atoms with van der Waals surface area (Å²) in [5.41, 5.74) is 0. The zero-order chi connectivity index (χ0) is 4.95. The van der Waals surface area contributed by atoms with Gasteiger partial charge in [-0.25, -0.2) is 0 Å². The Morgan fingerprint density at radius 1 is 1.29 bits per heavy atom. The second-order valence-electron chi connectivity index (χ2n) is 0.943. The summed E-state index contributed by atoms with van der Waals surface area (Å²) in [5, 5.41) is 3.41. The first-order valence-electron chi connectivity index (χ1n) is 1.86. The number of hydrogen-bond acceptors (Lipinski definition) is 3. The van der Waals surface area contributed by atoms with Crippen LogP contribution in [0.1, 0.15) is 0 Å². The van der Waals surface area contributed by atoms with Crippen molar-refractivity contribution in [1.29, 1.82) is 0 Å². The summed E-state index contributed by atoms with van der Waals surface area (Å²) in [6.45, 7) is 0. The molecule has 0 atom stereocenters. The Bertz CT molecular complexity index is 112. The molecule has 0 aliphatic carbocycles. The summed E-state index contributed by atoms with van der Waals surface area (Å²) in [6, 6.07) is 0. The van der Waals surface area contributed by atoms with Gasteiger partial charge in [0.2, 0.25) is 0 Å². The number of hydrogen-bond donors (Lipinski definition) is 0. The van der Waals surface area contributed by atoms with E-state index in [4.69, 9.17) is 0 Å². The highest BCUT2D eigenvalue weighted by atomic mass is 16.6. The van der Waals surface area contributed by atoms with Gasteiger partial charge >= 0.3 is 0 Å². The van der Waals surface area contributed by atoms with E-state index in [9.17, 15) is 0 Å². The molecule has 0 radical (unpaired) electrons. The molecule has 0 bridgehead atoms. The highest BCUT2D eigenvalue weighted by Crippen LogP contribution is 1.80. The van der Waals surface area contributed by atoms with Crippen LogP contribution < -0.4 is 0 Å². The van der Waals surface area contributed by atoms with Crippen LogP contribution in [-0.2, 0) is 4.84 Å². The molecule has 0 unspecified atom stereocenters. The van der Waals surface area contributed by atoms with Gasteiger partial charge in [0.1, 0.15) is 6.26 Å². The number of oxime groups is 1. The summed E-state index contributed by atoms with van der Waals surface area (Å²) < 4.78 is 0. The highest BCUT2D eigenvalue weighted by Gasteiger charge is 1.71. The molecule has 1 aliphatic rings. The van der Waals surface area contributed by atoms with Gasteiger partial charge in [0.25, 0.3) is 0 Å². The maximum atomic E-state index is 4.46. The molecule has 0 saturated carbocycles. The second-order valence-corrected chi connectivity index (χ2v) is 0.943. The van der Waals surface area contributed by atoms with Gasteiger partial charge in [0, 0.05) is 6.21 Å². The van der Waals surface area contributed by atoms with Crippen LogP contribution in [0.3, 0.4) is 0 Å². The van der Waals surface area contributed by atoms with Crippen molar-refractivity contribution in [2.75, 3.05) is 0 Å². The van der Waals surface area contributed by atoms with E-state index in [1.807, 2.05) is 0 Å². The van der Waals surface area contributed by atoms with E-state index >= 15 is 0 Å². The lowest BCUT2D eigenvalue weighted by molar-refractivity contribution is 0.271. The Kier molecular flexibility index (Phi) is 1.23. The molecular weight excluding hydrogens is 92.1 g/mol. The Balaban J connectivity index is 2.60. The van der Waals surface area contributed by atoms with E-state index in [1.54, 1.807) is 6.21 Å². The summed E-state index contributed by atoms with van der Waals surface area (Å²) in [7, 11) is 0. The lowest BCUT2D eigenvalue weighted by Crippen LogP contribution is -1.69. The molecule has 36 valence electrons. The molecule has 7 heavy (non-hydrogen) atoms. The van der Waals surface area contributed by atoms with Crippen LogP contribution in [0.25, 0.3) is 0 Å². The zero-order valence-corrected chi connectivity index (χ0v) is 3.61. The average molecular weight is 96.1 g/mol. The maximum Gasteiger partial charge on any atom is 0.140 e. The topological polar surface area (TPSA) is 34.0 Å². The molecule has 1 heterocycles. The van der Waals surface area contributed by atoms with Crippen molar-refractivity contribution in [3.63, 3.8) is 0 Å². The smallest absolute Gasteiger partial charge is 0.140 e. The lowest BCUT2D eigenvalue weighted by atomic mass is 10.8. The Hall–Kier alpha value is -1.12. The second kappa shape index (κ2) is 2.12. The molecule has 3 nitrogen and oxygen atoms in total. The first kappa shape index (κ1) is 4.05. The minimum absolute atomic E-state index is 1.40. The fourth-order valence-corrected chi connectivity index (χ4v) is 0.248.